The average molecular weight is 1070 g/mol. The molecule has 9 nitrogen and oxygen atoms in total. The van der Waals surface area contributed by atoms with Gasteiger partial charge in [-0.25, -0.2) is 4.79 Å². The molecule has 1 N–H and O–H groups in total. The van der Waals surface area contributed by atoms with Crippen molar-refractivity contribution in [1.82, 2.24) is 0 Å². The topological polar surface area (TPSA) is 108 Å². The van der Waals surface area contributed by atoms with Crippen LogP contribution in [0.25, 0.3) is 0 Å². The maximum atomic E-state index is 12.8. The minimum absolute atomic E-state index is 0.180. The van der Waals surface area contributed by atoms with E-state index in [1.165, 1.54) is 70.6 Å². The van der Waals surface area contributed by atoms with Crippen LogP contribution in [-0.4, -0.2) is 87.4 Å². The van der Waals surface area contributed by atoms with E-state index in [9.17, 15) is 19.5 Å². The lowest BCUT2D eigenvalue weighted by molar-refractivity contribution is -0.870. The molecule has 0 aliphatic heterocycles. The normalized spacial score (nSPS) is 13.7. The molecule has 0 aliphatic rings. The quantitative estimate of drug-likeness (QED) is 0.0211. The van der Waals surface area contributed by atoms with Crippen molar-refractivity contribution in [1.29, 1.82) is 0 Å². The van der Waals surface area contributed by atoms with Crippen LogP contribution in [0, 0.1) is 0 Å². The Morgan fingerprint density at radius 2 is 0.740 bits per heavy atom. The van der Waals surface area contributed by atoms with Gasteiger partial charge in [0.05, 0.1) is 34.4 Å². The Hall–Kier alpha value is -4.57. The van der Waals surface area contributed by atoms with Gasteiger partial charge in [0.15, 0.2) is 6.10 Å². The van der Waals surface area contributed by atoms with Crippen molar-refractivity contribution in [3.63, 3.8) is 0 Å². The zero-order valence-electron chi connectivity index (χ0n) is 49.6. The Labute approximate surface area is 471 Å². The van der Waals surface area contributed by atoms with Gasteiger partial charge in [0.25, 0.3) is 6.29 Å². The lowest BCUT2D eigenvalue weighted by Crippen LogP contribution is -2.40. The first-order valence-corrected chi connectivity index (χ1v) is 30.3. The summed E-state index contributed by atoms with van der Waals surface area (Å²) in [6.07, 6.45) is 79.8. The van der Waals surface area contributed by atoms with E-state index in [0.717, 1.165) is 116 Å². The summed E-state index contributed by atoms with van der Waals surface area (Å²) < 4.78 is 22.8. The highest BCUT2D eigenvalue weighted by Crippen LogP contribution is 2.14. The van der Waals surface area contributed by atoms with Crippen molar-refractivity contribution in [3.8, 4) is 0 Å². The summed E-state index contributed by atoms with van der Waals surface area (Å²) in [6, 6.07) is 0. The van der Waals surface area contributed by atoms with Crippen molar-refractivity contribution in [3.05, 3.63) is 134 Å². The predicted molar refractivity (Wildman–Crippen MR) is 327 cm³/mol. The molecule has 0 radical (unpaired) electrons. The van der Waals surface area contributed by atoms with Crippen molar-refractivity contribution < 1.29 is 42.9 Å². The second-order valence-electron chi connectivity index (χ2n) is 20.9. The summed E-state index contributed by atoms with van der Waals surface area (Å²) >= 11 is 0. The Kier molecular flexibility index (Phi) is 54.2. The van der Waals surface area contributed by atoms with Gasteiger partial charge in [-0.1, -0.05) is 244 Å². The Balaban J connectivity index is 4.15. The number of quaternary nitrogens is 1. The van der Waals surface area contributed by atoms with Gasteiger partial charge in [0, 0.05) is 12.8 Å². The molecule has 0 aromatic carbocycles. The maximum Gasteiger partial charge on any atom is 0.361 e. The lowest BCUT2D eigenvalue weighted by atomic mass is 10.1. The molecule has 0 bridgehead atoms. The molecule has 2 unspecified atom stereocenters. The fraction of sp³-hybridized carbons (Fsp3) is 0.632. The van der Waals surface area contributed by atoms with E-state index in [2.05, 4.69) is 148 Å². The Bertz CT molecular complexity index is 1720. The van der Waals surface area contributed by atoms with E-state index in [0.29, 0.717) is 23.9 Å². The highest BCUT2D eigenvalue weighted by molar-refractivity contribution is 5.71. The van der Waals surface area contributed by atoms with Crippen LogP contribution in [0.5, 0.6) is 0 Å². The van der Waals surface area contributed by atoms with Crippen molar-refractivity contribution in [2.45, 2.75) is 232 Å². The zero-order valence-corrected chi connectivity index (χ0v) is 49.6. The molecule has 0 rings (SSSR count). The highest BCUT2D eigenvalue weighted by Gasteiger charge is 2.25. The number of aliphatic carboxylic acids is 1. The van der Waals surface area contributed by atoms with E-state index in [1.54, 1.807) is 0 Å². The summed E-state index contributed by atoms with van der Waals surface area (Å²) in [7, 11) is 5.95. The first-order valence-electron chi connectivity index (χ1n) is 30.3. The van der Waals surface area contributed by atoms with Gasteiger partial charge < -0.3 is 28.5 Å². The maximum absolute atomic E-state index is 12.8. The van der Waals surface area contributed by atoms with E-state index >= 15 is 0 Å². The van der Waals surface area contributed by atoms with E-state index < -0.39 is 24.3 Å². The average Bonchev–Trinajstić information content (AvgIpc) is 3.40. The molecule has 0 aliphatic carbocycles. The molecule has 0 saturated carbocycles. The van der Waals surface area contributed by atoms with Crippen LogP contribution in [0.4, 0.5) is 0 Å². The second-order valence-corrected chi connectivity index (χ2v) is 20.9. The van der Waals surface area contributed by atoms with Gasteiger partial charge in [-0.2, -0.15) is 0 Å². The molecule has 2 atom stereocenters. The minimum Gasteiger partial charge on any atom is -0.477 e. The minimum atomic E-state index is -1.52. The first-order chi connectivity index (χ1) is 37.6. The number of allylic oxidation sites excluding steroid dienone is 22. The van der Waals surface area contributed by atoms with Gasteiger partial charge >= 0.3 is 17.9 Å². The first kappa shape index (κ1) is 72.4. The molecule has 0 aromatic rings. The number of unbranched alkanes of at least 4 members (excludes halogenated alkanes) is 17. The Morgan fingerprint density at radius 3 is 1.10 bits per heavy atom. The molecule has 0 spiro atoms. The molecule has 0 saturated heterocycles. The van der Waals surface area contributed by atoms with Crippen LogP contribution in [0.2, 0.25) is 0 Å². The summed E-state index contributed by atoms with van der Waals surface area (Å²) in [5.74, 6) is -2.03. The third kappa shape index (κ3) is 58.9. The number of hydrogen-bond donors (Lipinski definition) is 1. The van der Waals surface area contributed by atoms with Gasteiger partial charge in [-0.05, 0) is 96.3 Å². The number of likely N-dealkylation sites (N-methyl/N-ethyl adjacent to an activating group) is 1. The summed E-state index contributed by atoms with van der Waals surface area (Å²) in [4.78, 5) is 37.3. The fourth-order valence-electron chi connectivity index (χ4n) is 7.78. The standard InChI is InChI=1S/C68H111NO8/c1-6-8-10-12-14-16-18-19-20-21-22-23-24-25-26-27-28-29-30-31-32-33-34-35-36-37-38-39-40-41-42-43-44-45-46-47-49-51-53-55-57-59-66(71)77-64(63-76-68(67(72)73)74-61-60-69(3,4)5)62-75-65(70)58-56-54-52-50-48-17-15-13-11-9-7-2/h8,10,14,16,19-20,22-23,25-26,28-29,31-32,34-35,37-38,40-41,43-44,64,68H,6-7,9,11-13,15,17-18,21,24,27,30,33,36,39,42,45-63H2,1-5H3/p+1/b10-8-,16-14-,20-19-,23-22-,26-25-,29-28-,32-31-,35-34-,38-37-,41-40-,44-43-. The molecule has 0 aromatic heterocycles. The number of nitrogens with zero attached hydrogens (tertiary/aromatic N) is 1. The zero-order chi connectivity index (χ0) is 56.2. The van der Waals surface area contributed by atoms with Crippen LogP contribution >= 0.6 is 0 Å². The number of ether oxygens (including phenoxy) is 4. The van der Waals surface area contributed by atoms with Crippen LogP contribution in [-0.2, 0) is 33.3 Å². The largest absolute Gasteiger partial charge is 0.477 e. The Morgan fingerprint density at radius 1 is 0.403 bits per heavy atom. The van der Waals surface area contributed by atoms with Crippen molar-refractivity contribution in [2.24, 2.45) is 0 Å². The third-order valence-corrected chi connectivity index (χ3v) is 12.4. The molecular formula is C68H112NO8+. The van der Waals surface area contributed by atoms with Crippen LogP contribution in [0.3, 0.4) is 0 Å². The van der Waals surface area contributed by atoms with Crippen LogP contribution < -0.4 is 0 Å². The second kappa shape index (κ2) is 57.6. The summed E-state index contributed by atoms with van der Waals surface area (Å²) in [6.45, 7) is 4.72. The van der Waals surface area contributed by atoms with Gasteiger partial charge in [0.1, 0.15) is 13.2 Å². The van der Waals surface area contributed by atoms with E-state index in [1.807, 2.05) is 21.1 Å². The number of carbonyl (C=O) groups excluding carboxylic acids is 2. The predicted octanol–water partition coefficient (Wildman–Crippen LogP) is 18.2. The van der Waals surface area contributed by atoms with Gasteiger partial charge in [-0.3, -0.25) is 9.59 Å². The van der Waals surface area contributed by atoms with Crippen LogP contribution in [0.1, 0.15) is 219 Å². The molecule has 0 heterocycles. The van der Waals surface area contributed by atoms with Crippen LogP contribution in [0.15, 0.2) is 134 Å². The summed E-state index contributed by atoms with van der Waals surface area (Å²) in [5, 5.41) is 9.68. The number of hydrogen-bond acceptors (Lipinski definition) is 7. The fourth-order valence-corrected chi connectivity index (χ4v) is 7.78. The number of esters is 2. The summed E-state index contributed by atoms with van der Waals surface area (Å²) in [5.41, 5.74) is 0. The van der Waals surface area contributed by atoms with E-state index in [4.69, 9.17) is 18.9 Å². The third-order valence-electron chi connectivity index (χ3n) is 12.4. The van der Waals surface area contributed by atoms with Gasteiger partial charge in [0.2, 0.25) is 0 Å². The lowest BCUT2D eigenvalue weighted by Gasteiger charge is -2.25. The number of rotatable bonds is 54. The molecule has 436 valence electrons. The number of carboxylic acid groups (broad SMARTS) is 1. The highest BCUT2D eigenvalue weighted by atomic mass is 16.7. The number of carbonyl (C=O) groups is 3. The number of carboxylic acids is 1. The molecular weight excluding hydrogens is 959 g/mol. The SMILES string of the molecule is CC/C=C\C/C=C\C/C=C\C/C=C\C/C=C\C/C=C\C/C=C\C/C=C\C/C=C\C/C=C\C/C=C\CCCCCCCCCC(=O)OC(COC(=O)CCCCCCCCCCCCC)COC(OCC[N+](C)(C)C)C(=O)O. The van der Waals surface area contributed by atoms with Crippen molar-refractivity contribution >= 4 is 17.9 Å². The smallest absolute Gasteiger partial charge is 0.361 e. The molecule has 0 fully saturated rings. The monoisotopic (exact) mass is 1070 g/mol. The van der Waals surface area contributed by atoms with Crippen molar-refractivity contribution in [2.75, 3.05) is 47.5 Å². The molecule has 0 amide bonds. The van der Waals surface area contributed by atoms with E-state index in [-0.39, 0.29) is 32.2 Å². The van der Waals surface area contributed by atoms with Gasteiger partial charge in [-0.15, -0.1) is 0 Å². The molecule has 77 heavy (non-hydrogen) atoms. The molecule has 9 heteroatoms.